The molecule has 76 valence electrons. The highest BCUT2D eigenvalue weighted by Crippen LogP contribution is 2.22. The molecule has 0 fully saturated rings. The Labute approximate surface area is 83.2 Å². The van der Waals surface area contributed by atoms with E-state index in [1.165, 1.54) is 12.3 Å². The van der Waals surface area contributed by atoms with E-state index in [0.717, 1.165) is 12.3 Å². The van der Waals surface area contributed by atoms with Crippen LogP contribution in [0.1, 0.15) is 10.5 Å². The molecule has 0 bridgehead atoms. The first-order chi connectivity index (χ1) is 7.18. The minimum Gasteiger partial charge on any atom is -0.476 e. The molecular formula is C9H5FN2O3. The second-order valence-corrected chi connectivity index (χ2v) is 2.74. The van der Waals surface area contributed by atoms with Crippen molar-refractivity contribution in [2.45, 2.75) is 0 Å². The maximum atomic E-state index is 13.2. The number of nitrogens with zero attached hydrogens (tertiary/aromatic N) is 2. The summed E-state index contributed by atoms with van der Waals surface area (Å²) in [5.41, 5.74) is -0.133. The fourth-order valence-corrected chi connectivity index (χ4v) is 1.08. The van der Waals surface area contributed by atoms with Crippen LogP contribution in [-0.4, -0.2) is 21.2 Å². The predicted molar refractivity (Wildman–Crippen MR) is 46.7 cm³/mol. The molecule has 6 heteroatoms. The highest BCUT2D eigenvalue weighted by Gasteiger charge is 2.14. The van der Waals surface area contributed by atoms with Crippen molar-refractivity contribution in [3.8, 4) is 11.3 Å². The summed E-state index contributed by atoms with van der Waals surface area (Å²) in [7, 11) is 0. The Morgan fingerprint density at radius 1 is 1.53 bits per heavy atom. The van der Waals surface area contributed by atoms with Crippen LogP contribution in [0, 0.1) is 5.82 Å². The number of hydrogen-bond donors (Lipinski definition) is 1. The molecule has 5 nitrogen and oxygen atoms in total. The normalized spacial score (nSPS) is 10.2. The van der Waals surface area contributed by atoms with Gasteiger partial charge in [0.25, 0.3) is 0 Å². The third kappa shape index (κ3) is 1.69. The third-order valence-electron chi connectivity index (χ3n) is 1.77. The molecule has 0 aliphatic carbocycles. The van der Waals surface area contributed by atoms with Crippen molar-refractivity contribution in [2.24, 2.45) is 0 Å². The number of aromatic nitrogens is 2. The highest BCUT2D eigenvalue weighted by molar-refractivity contribution is 5.86. The van der Waals surface area contributed by atoms with Gasteiger partial charge in [-0.05, 0) is 6.07 Å². The summed E-state index contributed by atoms with van der Waals surface area (Å²) in [5.74, 6) is -1.75. The molecule has 0 radical (unpaired) electrons. The minimum atomic E-state index is -1.22. The Balaban J connectivity index is 2.46. The molecule has 0 aliphatic heterocycles. The van der Waals surface area contributed by atoms with Gasteiger partial charge in [-0.2, -0.15) is 0 Å². The molecule has 15 heavy (non-hydrogen) atoms. The van der Waals surface area contributed by atoms with Crippen molar-refractivity contribution in [1.82, 2.24) is 10.1 Å². The van der Waals surface area contributed by atoms with E-state index in [2.05, 4.69) is 10.1 Å². The summed E-state index contributed by atoms with van der Waals surface area (Å²) in [6.45, 7) is 0. The van der Waals surface area contributed by atoms with Crippen LogP contribution in [0.2, 0.25) is 0 Å². The Hall–Kier alpha value is -2.24. The van der Waals surface area contributed by atoms with Crippen LogP contribution >= 0.6 is 0 Å². The van der Waals surface area contributed by atoms with Crippen LogP contribution in [-0.2, 0) is 0 Å². The number of carbonyl (C=O) groups is 1. The Morgan fingerprint density at radius 3 is 2.93 bits per heavy atom. The lowest BCUT2D eigenvalue weighted by molar-refractivity contribution is 0.0686. The topological polar surface area (TPSA) is 76.2 Å². The molecule has 0 atom stereocenters. The van der Waals surface area contributed by atoms with Crippen molar-refractivity contribution in [3.05, 3.63) is 36.0 Å². The van der Waals surface area contributed by atoms with Crippen molar-refractivity contribution < 1.29 is 18.8 Å². The van der Waals surface area contributed by atoms with Crippen LogP contribution in [0.4, 0.5) is 4.39 Å². The van der Waals surface area contributed by atoms with E-state index in [1.807, 2.05) is 0 Å². The molecule has 2 aromatic heterocycles. The summed E-state index contributed by atoms with van der Waals surface area (Å²) in [5, 5.41) is 11.9. The number of aromatic carboxylic acids is 1. The van der Waals surface area contributed by atoms with Gasteiger partial charge in [0.1, 0.15) is 0 Å². The molecule has 0 amide bonds. The number of carboxylic acid groups (broad SMARTS) is 1. The Bertz CT molecular complexity index is 510. The van der Waals surface area contributed by atoms with Gasteiger partial charge in [0.15, 0.2) is 17.3 Å². The van der Waals surface area contributed by atoms with E-state index >= 15 is 0 Å². The van der Waals surface area contributed by atoms with Gasteiger partial charge in [-0.15, -0.1) is 0 Å². The Kier molecular flexibility index (Phi) is 2.17. The van der Waals surface area contributed by atoms with Crippen LogP contribution in [0.5, 0.6) is 0 Å². The van der Waals surface area contributed by atoms with Gasteiger partial charge in [0, 0.05) is 12.3 Å². The van der Waals surface area contributed by atoms with E-state index in [4.69, 9.17) is 9.63 Å². The molecular weight excluding hydrogens is 203 g/mol. The number of halogens is 1. The number of pyridine rings is 1. The van der Waals surface area contributed by atoms with Gasteiger partial charge in [0.2, 0.25) is 0 Å². The second-order valence-electron chi connectivity index (χ2n) is 2.74. The number of carboxylic acids is 1. The zero-order chi connectivity index (χ0) is 10.8. The molecule has 0 saturated heterocycles. The van der Waals surface area contributed by atoms with Crippen molar-refractivity contribution in [3.63, 3.8) is 0 Å². The summed E-state index contributed by atoms with van der Waals surface area (Å²) >= 11 is 0. The molecule has 0 aromatic carbocycles. The first-order valence-corrected chi connectivity index (χ1v) is 3.98. The molecule has 2 aromatic rings. The second kappa shape index (κ2) is 3.49. The Morgan fingerprint density at radius 2 is 2.33 bits per heavy atom. The number of rotatable bonds is 2. The van der Waals surface area contributed by atoms with Crippen LogP contribution in [0.25, 0.3) is 11.3 Å². The first-order valence-electron chi connectivity index (χ1n) is 3.98. The number of hydrogen-bond acceptors (Lipinski definition) is 4. The van der Waals surface area contributed by atoms with E-state index in [9.17, 15) is 9.18 Å². The lowest BCUT2D eigenvalue weighted by Gasteiger charge is -1.94. The van der Waals surface area contributed by atoms with Crippen LogP contribution < -0.4 is 0 Å². The molecule has 2 heterocycles. The lowest BCUT2D eigenvalue weighted by atomic mass is 10.2. The molecule has 0 spiro atoms. The maximum Gasteiger partial charge on any atom is 0.358 e. The van der Waals surface area contributed by atoms with Gasteiger partial charge >= 0.3 is 5.97 Å². The summed E-state index contributed by atoms with van der Waals surface area (Å²) < 4.78 is 17.9. The zero-order valence-electron chi connectivity index (χ0n) is 7.35. The molecule has 0 aliphatic rings. The SMILES string of the molecule is O=C(O)c1cc(-c2ccncc2F)on1. The minimum absolute atomic E-state index is 0.0623. The summed E-state index contributed by atoms with van der Waals surface area (Å²) in [4.78, 5) is 14.1. The van der Waals surface area contributed by atoms with Crippen LogP contribution in [0.3, 0.4) is 0 Å². The van der Waals surface area contributed by atoms with Crippen molar-refractivity contribution in [1.29, 1.82) is 0 Å². The van der Waals surface area contributed by atoms with Crippen molar-refractivity contribution >= 4 is 5.97 Å². The zero-order valence-corrected chi connectivity index (χ0v) is 7.35. The van der Waals surface area contributed by atoms with Gasteiger partial charge in [-0.3, -0.25) is 4.98 Å². The van der Waals surface area contributed by atoms with Crippen molar-refractivity contribution in [2.75, 3.05) is 0 Å². The van der Waals surface area contributed by atoms with E-state index in [-0.39, 0.29) is 17.0 Å². The fourth-order valence-electron chi connectivity index (χ4n) is 1.08. The average Bonchev–Trinajstić information content (AvgIpc) is 2.67. The standard InChI is InChI=1S/C9H5FN2O3/c10-6-4-11-2-1-5(6)8-3-7(9(13)14)12-15-8/h1-4H,(H,13,14). The van der Waals surface area contributed by atoms with E-state index in [1.54, 1.807) is 0 Å². The highest BCUT2D eigenvalue weighted by atomic mass is 19.1. The summed E-state index contributed by atoms with van der Waals surface area (Å²) in [6.07, 6.45) is 2.39. The fraction of sp³-hybridized carbons (Fsp3) is 0. The average molecular weight is 208 g/mol. The predicted octanol–water partition coefficient (Wildman–Crippen LogP) is 1.57. The van der Waals surface area contributed by atoms with Gasteiger partial charge in [-0.25, -0.2) is 9.18 Å². The third-order valence-corrected chi connectivity index (χ3v) is 1.77. The molecule has 0 saturated carbocycles. The monoisotopic (exact) mass is 208 g/mol. The van der Waals surface area contributed by atoms with E-state index < -0.39 is 11.8 Å². The largest absolute Gasteiger partial charge is 0.476 e. The molecule has 1 N–H and O–H groups in total. The maximum absolute atomic E-state index is 13.2. The quantitative estimate of drug-likeness (QED) is 0.810. The van der Waals surface area contributed by atoms with Gasteiger partial charge in [0.05, 0.1) is 11.8 Å². The molecule has 0 unspecified atom stereocenters. The van der Waals surface area contributed by atoms with Gasteiger partial charge in [-0.1, -0.05) is 5.16 Å². The van der Waals surface area contributed by atoms with Crippen LogP contribution in [0.15, 0.2) is 29.0 Å². The summed E-state index contributed by atoms with van der Waals surface area (Å²) in [6, 6.07) is 2.53. The van der Waals surface area contributed by atoms with Gasteiger partial charge < -0.3 is 9.63 Å². The lowest BCUT2D eigenvalue weighted by Crippen LogP contribution is -1.94. The first kappa shape index (κ1) is 9.32. The molecule has 2 rings (SSSR count). The smallest absolute Gasteiger partial charge is 0.358 e. The van der Waals surface area contributed by atoms with E-state index in [0.29, 0.717) is 0 Å².